The molecule has 1 amide bonds. The van der Waals surface area contributed by atoms with Crippen molar-refractivity contribution >= 4 is 17.5 Å². The Kier molecular flexibility index (Phi) is 6.58. The smallest absolute Gasteiger partial charge is 0.227 e. The van der Waals surface area contributed by atoms with Crippen LogP contribution >= 0.6 is 0 Å². The van der Waals surface area contributed by atoms with Crippen molar-refractivity contribution < 1.29 is 14.4 Å². The second kappa shape index (κ2) is 7.15. The molecule has 0 unspecified atom stereocenters. The van der Waals surface area contributed by atoms with Gasteiger partial charge in [-0.15, -0.1) is 0 Å². The van der Waals surface area contributed by atoms with E-state index < -0.39 is 0 Å². The Morgan fingerprint density at radius 1 is 1.27 bits per heavy atom. The molecule has 0 radical (unpaired) electrons. The molecule has 4 heteroatoms. The van der Waals surface area contributed by atoms with E-state index in [-0.39, 0.29) is 29.9 Å². The van der Waals surface area contributed by atoms with Gasteiger partial charge in [-0.3, -0.25) is 14.4 Å². The third-order valence-corrected chi connectivity index (χ3v) is 1.89. The highest BCUT2D eigenvalue weighted by Crippen LogP contribution is 1.97. The van der Waals surface area contributed by atoms with Crippen LogP contribution in [0.25, 0.3) is 0 Å². The van der Waals surface area contributed by atoms with Crippen LogP contribution in [-0.2, 0) is 14.4 Å². The zero-order chi connectivity index (χ0) is 11.8. The summed E-state index contributed by atoms with van der Waals surface area (Å²) in [6.07, 6.45) is 1.44. The van der Waals surface area contributed by atoms with Crippen molar-refractivity contribution in [3.8, 4) is 0 Å². The van der Waals surface area contributed by atoms with Gasteiger partial charge in [0.05, 0.1) is 6.42 Å². The lowest BCUT2D eigenvalue weighted by molar-refractivity contribution is -0.128. The third kappa shape index (κ3) is 7.85. The molecule has 0 aliphatic heterocycles. The van der Waals surface area contributed by atoms with Gasteiger partial charge < -0.3 is 5.32 Å². The van der Waals surface area contributed by atoms with Crippen molar-refractivity contribution in [3.63, 3.8) is 0 Å². The third-order valence-electron chi connectivity index (χ3n) is 1.89. The Balaban J connectivity index is 3.82. The Bertz CT molecular complexity index is 248. The summed E-state index contributed by atoms with van der Waals surface area (Å²) in [4.78, 5) is 33.1. The molecule has 0 fully saturated rings. The van der Waals surface area contributed by atoms with Crippen molar-refractivity contribution in [2.24, 2.45) is 0 Å². The summed E-state index contributed by atoms with van der Waals surface area (Å²) in [6.45, 7) is 5.13. The highest BCUT2D eigenvalue weighted by Gasteiger charge is 2.12. The zero-order valence-electron chi connectivity index (χ0n) is 9.63. The zero-order valence-corrected chi connectivity index (χ0v) is 9.63. The maximum absolute atomic E-state index is 11.3. The van der Waals surface area contributed by atoms with Gasteiger partial charge in [0.1, 0.15) is 11.6 Å². The van der Waals surface area contributed by atoms with Crippen LogP contribution in [-0.4, -0.2) is 23.5 Å². The Labute approximate surface area is 90.4 Å². The van der Waals surface area contributed by atoms with Crippen LogP contribution in [0.3, 0.4) is 0 Å². The first kappa shape index (κ1) is 13.8. The first-order valence-corrected chi connectivity index (χ1v) is 5.26. The predicted octanol–water partition coefficient (Wildman–Crippen LogP) is 1.23. The number of hydrogen-bond donors (Lipinski definition) is 1. The fourth-order valence-corrected chi connectivity index (χ4v) is 1.35. The second-order valence-corrected chi connectivity index (χ2v) is 3.84. The Hall–Kier alpha value is -1.19. The molecule has 4 nitrogen and oxygen atoms in total. The summed E-state index contributed by atoms with van der Waals surface area (Å²) in [5.74, 6) is -0.310. The second-order valence-electron chi connectivity index (χ2n) is 3.84. The molecule has 1 atom stereocenters. The van der Waals surface area contributed by atoms with Crippen molar-refractivity contribution in [2.75, 3.05) is 0 Å². The van der Waals surface area contributed by atoms with Crippen molar-refractivity contribution in [3.05, 3.63) is 0 Å². The van der Waals surface area contributed by atoms with Crippen molar-refractivity contribution in [2.45, 2.75) is 52.5 Å². The molecule has 0 bridgehead atoms. The highest BCUT2D eigenvalue weighted by molar-refractivity contribution is 5.98. The van der Waals surface area contributed by atoms with E-state index in [0.717, 1.165) is 6.42 Å². The first-order valence-electron chi connectivity index (χ1n) is 5.26. The predicted molar refractivity (Wildman–Crippen MR) is 57.4 cm³/mol. The monoisotopic (exact) mass is 213 g/mol. The molecule has 0 aromatic heterocycles. The molecular weight excluding hydrogens is 194 g/mol. The van der Waals surface area contributed by atoms with Gasteiger partial charge in [-0.05, 0) is 20.3 Å². The van der Waals surface area contributed by atoms with Crippen molar-refractivity contribution in [1.29, 1.82) is 0 Å². The normalized spacial score (nSPS) is 11.9. The Morgan fingerprint density at radius 3 is 2.33 bits per heavy atom. The number of carbonyl (C=O) groups is 3. The van der Waals surface area contributed by atoms with E-state index in [1.54, 1.807) is 6.92 Å². The Morgan fingerprint density at radius 2 is 1.87 bits per heavy atom. The van der Waals surface area contributed by atoms with Gasteiger partial charge in [0, 0.05) is 18.9 Å². The molecule has 15 heavy (non-hydrogen) atoms. The van der Waals surface area contributed by atoms with E-state index in [1.807, 2.05) is 6.92 Å². The molecule has 1 N–H and O–H groups in total. The molecule has 86 valence electrons. The fraction of sp³-hybridized carbons (Fsp3) is 0.727. The molecular formula is C11H19NO3. The van der Waals surface area contributed by atoms with Crippen LogP contribution in [0.5, 0.6) is 0 Å². The molecule has 0 aliphatic rings. The number of carbonyl (C=O) groups excluding carboxylic acids is 3. The summed E-state index contributed by atoms with van der Waals surface area (Å²) in [5, 5.41) is 2.62. The lowest BCUT2D eigenvalue weighted by atomic mass is 10.1. The average Bonchev–Trinajstić information content (AvgIpc) is 2.00. The average molecular weight is 213 g/mol. The summed E-state index contributed by atoms with van der Waals surface area (Å²) in [5.41, 5.74) is 0. The van der Waals surface area contributed by atoms with Crippen LogP contribution in [0, 0.1) is 0 Å². The SMILES string of the molecule is CCCC(=O)CC(=O)N[C@@H](C)CC(C)=O. The topological polar surface area (TPSA) is 63.2 Å². The minimum Gasteiger partial charge on any atom is -0.353 e. The lowest BCUT2D eigenvalue weighted by Crippen LogP contribution is -2.34. The summed E-state index contributed by atoms with van der Waals surface area (Å²) >= 11 is 0. The molecule has 0 saturated heterocycles. The van der Waals surface area contributed by atoms with Crippen LogP contribution < -0.4 is 5.32 Å². The van der Waals surface area contributed by atoms with Gasteiger partial charge in [-0.25, -0.2) is 0 Å². The van der Waals surface area contributed by atoms with Crippen LogP contribution in [0.1, 0.15) is 46.5 Å². The van der Waals surface area contributed by atoms with E-state index >= 15 is 0 Å². The standard InChI is InChI=1S/C11H19NO3/c1-4-5-10(14)7-11(15)12-8(2)6-9(3)13/h8H,4-7H2,1-3H3,(H,12,15)/t8-/m0/s1. The minimum absolute atomic E-state index is 0.0303. The van der Waals surface area contributed by atoms with Gasteiger partial charge >= 0.3 is 0 Å². The highest BCUT2D eigenvalue weighted by atomic mass is 16.2. The minimum atomic E-state index is -0.290. The molecule has 0 rings (SSSR count). The van der Waals surface area contributed by atoms with Crippen LogP contribution in [0.15, 0.2) is 0 Å². The van der Waals surface area contributed by atoms with Crippen LogP contribution in [0.4, 0.5) is 0 Å². The summed E-state index contributed by atoms with van der Waals surface area (Å²) in [6, 6.07) is -0.190. The number of nitrogens with one attached hydrogen (secondary N) is 1. The number of Topliss-reactive ketones (excluding diaryl/α,β-unsaturated/α-hetero) is 2. The van der Waals surface area contributed by atoms with Gasteiger partial charge in [0.25, 0.3) is 0 Å². The van der Waals surface area contributed by atoms with Crippen molar-refractivity contribution in [1.82, 2.24) is 5.32 Å². The molecule has 0 aromatic rings. The first-order chi connectivity index (χ1) is 6.95. The number of ketones is 2. The quantitative estimate of drug-likeness (QED) is 0.647. The molecule has 0 heterocycles. The number of amides is 1. The van der Waals surface area contributed by atoms with Gasteiger partial charge in [0.2, 0.25) is 5.91 Å². The van der Waals surface area contributed by atoms with Gasteiger partial charge in [-0.2, -0.15) is 0 Å². The summed E-state index contributed by atoms with van der Waals surface area (Å²) in [7, 11) is 0. The van der Waals surface area contributed by atoms with E-state index in [1.165, 1.54) is 6.92 Å². The van der Waals surface area contributed by atoms with E-state index in [0.29, 0.717) is 12.8 Å². The van der Waals surface area contributed by atoms with E-state index in [4.69, 9.17) is 0 Å². The molecule has 0 aliphatic carbocycles. The lowest BCUT2D eigenvalue weighted by Gasteiger charge is -2.11. The molecule has 0 spiro atoms. The summed E-state index contributed by atoms with van der Waals surface area (Å²) < 4.78 is 0. The van der Waals surface area contributed by atoms with Crippen LogP contribution in [0.2, 0.25) is 0 Å². The number of hydrogen-bond acceptors (Lipinski definition) is 3. The van der Waals surface area contributed by atoms with E-state index in [9.17, 15) is 14.4 Å². The van der Waals surface area contributed by atoms with Gasteiger partial charge in [0.15, 0.2) is 0 Å². The maximum Gasteiger partial charge on any atom is 0.227 e. The molecule has 0 saturated carbocycles. The number of rotatable bonds is 7. The fourth-order valence-electron chi connectivity index (χ4n) is 1.35. The van der Waals surface area contributed by atoms with E-state index in [2.05, 4.69) is 5.32 Å². The van der Waals surface area contributed by atoms with Gasteiger partial charge in [-0.1, -0.05) is 6.92 Å². The largest absolute Gasteiger partial charge is 0.353 e. The molecule has 0 aromatic carbocycles. The maximum atomic E-state index is 11.3.